The number of non-ortho nitro benzene ring substituents is 1. The Kier molecular flexibility index (Phi) is 8.71. The first-order valence-electron chi connectivity index (χ1n) is 13.3. The molecule has 2 aromatic heterocycles. The number of nitro benzene ring substituents is 1. The fraction of sp³-hybridized carbons (Fsp3) is 0.429. The second-order valence-electron chi connectivity index (χ2n) is 10.4. The van der Waals surface area contributed by atoms with Gasteiger partial charge in [0.05, 0.1) is 9.80 Å². The molecule has 2 aliphatic rings. The predicted octanol–water partition coefficient (Wildman–Crippen LogP) is 4.39. The summed E-state index contributed by atoms with van der Waals surface area (Å²) in [6.45, 7) is 1.65. The number of carbonyl (C=O) groups is 2. The maximum atomic E-state index is 13.6. The molecule has 0 spiro atoms. The van der Waals surface area contributed by atoms with Gasteiger partial charge in [0, 0.05) is 54.8 Å². The van der Waals surface area contributed by atoms with Gasteiger partial charge in [0.15, 0.2) is 0 Å². The maximum absolute atomic E-state index is 13.6. The van der Waals surface area contributed by atoms with Gasteiger partial charge in [-0.2, -0.15) is 0 Å². The molecule has 0 radical (unpaired) electrons. The summed E-state index contributed by atoms with van der Waals surface area (Å²) in [6.07, 6.45) is 4.01. The number of nitrogens with zero attached hydrogens (tertiary/aromatic N) is 3. The summed E-state index contributed by atoms with van der Waals surface area (Å²) in [5.41, 5.74) is 7.05. The van der Waals surface area contributed by atoms with Crippen molar-refractivity contribution in [1.29, 1.82) is 0 Å². The third-order valence-electron chi connectivity index (χ3n) is 7.68. The summed E-state index contributed by atoms with van der Waals surface area (Å²) >= 11 is 3.05. The van der Waals surface area contributed by atoms with Crippen LogP contribution in [-0.4, -0.2) is 57.2 Å². The number of likely N-dealkylation sites (tertiary alicyclic amines) is 1. The van der Waals surface area contributed by atoms with Crippen LogP contribution in [0.4, 0.5) is 5.69 Å². The standard InChI is InChI=1S/C28H33N5O4S2/c29-20-7-9-21(10-8-20)30-27(34)25-15-23(17-32(25)28(35)26-4-2-14-39-26)31(18-24-3-1-13-38-24)16-19-5-11-22(12-6-19)33(36)37/h1-6,11-14,20-21,23,25H,7-10,15-18,29H2,(H,30,34). The average molecular weight is 568 g/mol. The monoisotopic (exact) mass is 567 g/mol. The molecule has 39 heavy (non-hydrogen) atoms. The Morgan fingerprint density at radius 2 is 1.74 bits per heavy atom. The average Bonchev–Trinajstić information content (AvgIpc) is 3.72. The van der Waals surface area contributed by atoms with Crippen molar-refractivity contribution in [3.8, 4) is 0 Å². The number of amides is 2. The lowest BCUT2D eigenvalue weighted by molar-refractivity contribution is -0.384. The summed E-state index contributed by atoms with van der Waals surface area (Å²) in [4.78, 5) is 43.7. The first kappa shape index (κ1) is 27.4. The molecular weight excluding hydrogens is 534 g/mol. The fourth-order valence-electron chi connectivity index (χ4n) is 5.53. The van der Waals surface area contributed by atoms with Crippen LogP contribution in [0.2, 0.25) is 0 Å². The number of hydrogen-bond donors (Lipinski definition) is 2. The van der Waals surface area contributed by atoms with Crippen LogP contribution in [0, 0.1) is 10.1 Å². The van der Waals surface area contributed by atoms with Crippen molar-refractivity contribution in [2.45, 2.75) is 69.4 Å². The lowest BCUT2D eigenvalue weighted by Gasteiger charge is -2.29. The van der Waals surface area contributed by atoms with E-state index in [0.717, 1.165) is 31.2 Å². The zero-order chi connectivity index (χ0) is 27.4. The summed E-state index contributed by atoms with van der Waals surface area (Å²) in [5.74, 6) is -0.223. The quantitative estimate of drug-likeness (QED) is 0.292. The molecule has 5 rings (SSSR count). The number of benzene rings is 1. The van der Waals surface area contributed by atoms with E-state index in [1.54, 1.807) is 34.4 Å². The van der Waals surface area contributed by atoms with E-state index in [1.807, 2.05) is 22.9 Å². The van der Waals surface area contributed by atoms with E-state index in [4.69, 9.17) is 5.73 Å². The first-order chi connectivity index (χ1) is 18.9. The fourth-order valence-corrected chi connectivity index (χ4v) is 6.94. The summed E-state index contributed by atoms with van der Waals surface area (Å²) in [6, 6.07) is 14.0. The van der Waals surface area contributed by atoms with Crippen molar-refractivity contribution in [1.82, 2.24) is 15.1 Å². The van der Waals surface area contributed by atoms with Crippen molar-refractivity contribution in [2.75, 3.05) is 6.54 Å². The highest BCUT2D eigenvalue weighted by atomic mass is 32.1. The van der Waals surface area contributed by atoms with Gasteiger partial charge in [0.2, 0.25) is 5.91 Å². The topological polar surface area (TPSA) is 122 Å². The molecule has 2 unspecified atom stereocenters. The summed E-state index contributed by atoms with van der Waals surface area (Å²) in [5, 5.41) is 18.3. The van der Waals surface area contributed by atoms with E-state index in [-0.39, 0.29) is 35.6 Å². The third-order valence-corrected chi connectivity index (χ3v) is 9.40. The van der Waals surface area contributed by atoms with Crippen LogP contribution < -0.4 is 11.1 Å². The van der Waals surface area contributed by atoms with Crippen molar-refractivity contribution >= 4 is 40.2 Å². The molecule has 1 saturated heterocycles. The van der Waals surface area contributed by atoms with E-state index in [0.29, 0.717) is 30.9 Å². The third kappa shape index (κ3) is 6.73. The second kappa shape index (κ2) is 12.4. The summed E-state index contributed by atoms with van der Waals surface area (Å²) in [7, 11) is 0. The highest BCUT2D eigenvalue weighted by Crippen LogP contribution is 2.30. The van der Waals surface area contributed by atoms with Gasteiger partial charge in [-0.25, -0.2) is 0 Å². The van der Waals surface area contributed by atoms with Crippen molar-refractivity contribution in [3.63, 3.8) is 0 Å². The first-order valence-corrected chi connectivity index (χ1v) is 15.0. The van der Waals surface area contributed by atoms with Crippen LogP contribution in [0.5, 0.6) is 0 Å². The molecule has 1 aliphatic heterocycles. The molecule has 0 bridgehead atoms. The Morgan fingerprint density at radius 1 is 1.03 bits per heavy atom. The van der Waals surface area contributed by atoms with Gasteiger partial charge in [-0.1, -0.05) is 24.3 Å². The number of thiophene rings is 2. The van der Waals surface area contributed by atoms with Gasteiger partial charge in [-0.05, 0) is 60.6 Å². The lowest BCUT2D eigenvalue weighted by Crippen LogP contribution is -2.50. The molecule has 2 atom stereocenters. The molecule has 1 aliphatic carbocycles. The Morgan fingerprint density at radius 3 is 2.38 bits per heavy atom. The number of nitro groups is 1. The molecule has 9 nitrogen and oxygen atoms in total. The zero-order valence-corrected chi connectivity index (χ0v) is 23.2. The molecule has 3 N–H and O–H groups in total. The number of hydrogen-bond acceptors (Lipinski definition) is 8. The second-order valence-corrected chi connectivity index (χ2v) is 12.3. The Labute approximate surface area is 235 Å². The molecule has 1 saturated carbocycles. The van der Waals surface area contributed by atoms with Gasteiger partial charge in [-0.3, -0.25) is 24.6 Å². The van der Waals surface area contributed by atoms with E-state index in [2.05, 4.69) is 16.3 Å². The predicted molar refractivity (Wildman–Crippen MR) is 153 cm³/mol. The van der Waals surface area contributed by atoms with Gasteiger partial charge >= 0.3 is 0 Å². The number of nitrogens with one attached hydrogen (secondary N) is 1. The maximum Gasteiger partial charge on any atom is 0.269 e. The van der Waals surface area contributed by atoms with Crippen LogP contribution in [0.15, 0.2) is 59.3 Å². The number of rotatable bonds is 9. The largest absolute Gasteiger partial charge is 0.352 e. The highest BCUT2D eigenvalue weighted by molar-refractivity contribution is 7.12. The SMILES string of the molecule is NC1CCC(NC(=O)C2CC(N(Cc3ccc([N+](=O)[O-])cc3)Cc3cccs3)CN2C(=O)c2cccs2)CC1. The van der Waals surface area contributed by atoms with Crippen LogP contribution in [0.3, 0.4) is 0 Å². The molecule has 3 aromatic rings. The molecule has 2 amide bonds. The molecule has 3 heterocycles. The Hall–Kier alpha value is -3.12. The highest BCUT2D eigenvalue weighted by Gasteiger charge is 2.43. The normalized spacial score (nSPS) is 23.2. The Bertz CT molecular complexity index is 1260. The van der Waals surface area contributed by atoms with Gasteiger partial charge < -0.3 is 16.0 Å². The van der Waals surface area contributed by atoms with Crippen molar-refractivity contribution in [3.05, 3.63) is 84.7 Å². The molecule has 11 heteroatoms. The van der Waals surface area contributed by atoms with Crippen LogP contribution in [-0.2, 0) is 17.9 Å². The Balaban J connectivity index is 1.37. The zero-order valence-electron chi connectivity index (χ0n) is 21.6. The summed E-state index contributed by atoms with van der Waals surface area (Å²) < 4.78 is 0. The molecule has 206 valence electrons. The van der Waals surface area contributed by atoms with Gasteiger partial charge in [0.25, 0.3) is 11.6 Å². The van der Waals surface area contributed by atoms with E-state index < -0.39 is 11.0 Å². The van der Waals surface area contributed by atoms with Crippen molar-refractivity contribution in [2.24, 2.45) is 5.73 Å². The van der Waals surface area contributed by atoms with E-state index >= 15 is 0 Å². The van der Waals surface area contributed by atoms with Gasteiger partial charge in [-0.15, -0.1) is 22.7 Å². The minimum Gasteiger partial charge on any atom is -0.352 e. The minimum atomic E-state index is -0.567. The van der Waals surface area contributed by atoms with Crippen LogP contribution in [0.1, 0.15) is 52.2 Å². The van der Waals surface area contributed by atoms with Crippen LogP contribution >= 0.6 is 22.7 Å². The van der Waals surface area contributed by atoms with E-state index in [1.165, 1.54) is 28.3 Å². The van der Waals surface area contributed by atoms with E-state index in [9.17, 15) is 19.7 Å². The minimum absolute atomic E-state index is 0.0533. The van der Waals surface area contributed by atoms with Crippen molar-refractivity contribution < 1.29 is 14.5 Å². The lowest BCUT2D eigenvalue weighted by atomic mass is 9.91. The van der Waals surface area contributed by atoms with Gasteiger partial charge in [0.1, 0.15) is 6.04 Å². The smallest absolute Gasteiger partial charge is 0.269 e. The molecule has 1 aromatic carbocycles. The molecule has 2 fully saturated rings. The van der Waals surface area contributed by atoms with Crippen LogP contribution in [0.25, 0.3) is 0 Å². The number of carbonyl (C=O) groups excluding carboxylic acids is 2. The molecular formula is C28H33N5O4S2. The number of nitrogens with two attached hydrogens (primary N) is 1.